The Balaban J connectivity index is 2.69. The summed E-state index contributed by atoms with van der Waals surface area (Å²) >= 11 is 0. The zero-order valence-corrected chi connectivity index (χ0v) is 7.33. The summed E-state index contributed by atoms with van der Waals surface area (Å²) in [5, 5.41) is 2.43. The second-order valence-corrected chi connectivity index (χ2v) is 3.09. The van der Waals surface area contributed by atoms with Gasteiger partial charge in [-0.15, -0.1) is 0 Å². The minimum Gasteiger partial charge on any atom is -0.399 e. The fraction of sp³-hybridized carbons (Fsp3) is 0. The quantitative estimate of drug-likeness (QED) is 0.698. The van der Waals surface area contributed by atoms with Gasteiger partial charge in [0.1, 0.15) is 0 Å². The molecule has 2 aromatic rings. The van der Waals surface area contributed by atoms with Crippen molar-refractivity contribution in [2.75, 3.05) is 0 Å². The first kappa shape index (κ1) is 7.87. The van der Waals surface area contributed by atoms with Crippen LogP contribution in [0.1, 0.15) is 5.56 Å². The molecular weight excluding hydrogens is 158 g/mol. The first-order chi connectivity index (χ1) is 6.27. The first-order valence-electron chi connectivity index (χ1n) is 4.21. The summed E-state index contributed by atoms with van der Waals surface area (Å²) in [6.07, 6.45) is 0. The third-order valence-corrected chi connectivity index (χ3v) is 2.12. The molecule has 0 aliphatic heterocycles. The smallest absolute Gasteiger partial charge is 0.0314 e. The molecule has 0 fully saturated rings. The van der Waals surface area contributed by atoms with E-state index in [2.05, 4.69) is 30.8 Å². The Morgan fingerprint density at radius 1 is 1.00 bits per heavy atom. The lowest BCUT2D eigenvalue weighted by molar-refractivity contribution is 1.56. The molecule has 1 heteroatoms. The average molecular weight is 169 g/mol. The maximum absolute atomic E-state index is 5.61. The molecule has 64 valence electrons. The van der Waals surface area contributed by atoms with Crippen molar-refractivity contribution in [3.8, 4) is 0 Å². The first-order valence-corrected chi connectivity index (χ1v) is 4.21. The highest BCUT2D eigenvalue weighted by Crippen LogP contribution is 2.17. The minimum absolute atomic E-state index is 0.616. The van der Waals surface area contributed by atoms with Gasteiger partial charge in [0.2, 0.25) is 0 Å². The molecule has 0 aromatic heterocycles. The van der Waals surface area contributed by atoms with Gasteiger partial charge in [-0.3, -0.25) is 0 Å². The van der Waals surface area contributed by atoms with E-state index in [9.17, 15) is 0 Å². The highest BCUT2D eigenvalue weighted by Gasteiger charge is 1.95. The SMILES string of the molecule is C=C(N)c1ccc2ccccc2c1. The lowest BCUT2D eigenvalue weighted by Gasteiger charge is -2.01. The van der Waals surface area contributed by atoms with Gasteiger partial charge in [0.25, 0.3) is 0 Å². The van der Waals surface area contributed by atoms with Crippen molar-refractivity contribution in [1.29, 1.82) is 0 Å². The molecule has 0 aliphatic rings. The van der Waals surface area contributed by atoms with Crippen LogP contribution < -0.4 is 5.73 Å². The van der Waals surface area contributed by atoms with Crippen LogP contribution in [0.5, 0.6) is 0 Å². The monoisotopic (exact) mass is 169 g/mol. The third kappa shape index (κ3) is 1.41. The van der Waals surface area contributed by atoms with Crippen LogP contribution in [0.15, 0.2) is 49.0 Å². The number of hydrogen-bond acceptors (Lipinski definition) is 1. The van der Waals surface area contributed by atoms with E-state index in [1.54, 1.807) is 0 Å². The standard InChI is InChI=1S/C12H11N/c1-9(13)11-7-6-10-4-2-3-5-12(10)8-11/h2-8H,1,13H2. The second-order valence-electron chi connectivity index (χ2n) is 3.09. The van der Waals surface area contributed by atoms with Gasteiger partial charge >= 0.3 is 0 Å². The molecule has 0 heterocycles. The van der Waals surface area contributed by atoms with Gasteiger partial charge in [-0.2, -0.15) is 0 Å². The summed E-state index contributed by atoms with van der Waals surface area (Å²) in [4.78, 5) is 0. The molecule has 2 N–H and O–H groups in total. The van der Waals surface area contributed by atoms with E-state index in [4.69, 9.17) is 5.73 Å². The van der Waals surface area contributed by atoms with Crippen LogP contribution in [0.25, 0.3) is 16.5 Å². The van der Waals surface area contributed by atoms with Gasteiger partial charge < -0.3 is 5.73 Å². The van der Waals surface area contributed by atoms with Gasteiger partial charge in [-0.05, 0) is 22.4 Å². The Bertz CT molecular complexity index is 457. The number of rotatable bonds is 1. The van der Waals surface area contributed by atoms with Crippen molar-refractivity contribution in [3.63, 3.8) is 0 Å². The predicted molar refractivity (Wildman–Crippen MR) is 57.2 cm³/mol. The van der Waals surface area contributed by atoms with E-state index in [-0.39, 0.29) is 0 Å². The zero-order valence-electron chi connectivity index (χ0n) is 7.33. The maximum atomic E-state index is 5.61. The number of nitrogens with two attached hydrogens (primary N) is 1. The molecule has 0 bridgehead atoms. The Hall–Kier alpha value is -1.76. The summed E-state index contributed by atoms with van der Waals surface area (Å²) in [5.41, 5.74) is 7.23. The maximum Gasteiger partial charge on any atom is 0.0314 e. The molecule has 0 aliphatic carbocycles. The van der Waals surface area contributed by atoms with Gasteiger partial charge in [0.05, 0.1) is 0 Å². The normalized spacial score (nSPS) is 10.2. The number of fused-ring (bicyclic) bond motifs is 1. The third-order valence-electron chi connectivity index (χ3n) is 2.12. The molecule has 0 amide bonds. The Labute approximate surface area is 77.5 Å². The van der Waals surface area contributed by atoms with E-state index in [0.717, 1.165) is 5.56 Å². The fourth-order valence-electron chi connectivity index (χ4n) is 1.39. The molecule has 0 atom stereocenters. The lowest BCUT2D eigenvalue weighted by atomic mass is 10.1. The van der Waals surface area contributed by atoms with E-state index in [1.165, 1.54) is 10.8 Å². The minimum atomic E-state index is 0.616. The summed E-state index contributed by atoms with van der Waals surface area (Å²) in [6, 6.07) is 14.3. The highest BCUT2D eigenvalue weighted by molar-refractivity contribution is 5.85. The Morgan fingerprint density at radius 2 is 1.69 bits per heavy atom. The van der Waals surface area contributed by atoms with Gasteiger partial charge in [-0.1, -0.05) is 43.0 Å². The van der Waals surface area contributed by atoms with Crippen LogP contribution >= 0.6 is 0 Å². The van der Waals surface area contributed by atoms with E-state index in [1.807, 2.05) is 18.2 Å². The highest BCUT2D eigenvalue weighted by atomic mass is 14.6. The summed E-state index contributed by atoms with van der Waals surface area (Å²) in [6.45, 7) is 3.71. The van der Waals surface area contributed by atoms with Crippen molar-refractivity contribution in [2.24, 2.45) is 5.73 Å². The Morgan fingerprint density at radius 3 is 2.38 bits per heavy atom. The molecule has 0 radical (unpaired) electrons. The molecule has 0 spiro atoms. The molecule has 2 aromatic carbocycles. The molecule has 0 saturated heterocycles. The molecule has 0 saturated carbocycles. The van der Waals surface area contributed by atoms with Gasteiger partial charge in [0, 0.05) is 5.70 Å². The van der Waals surface area contributed by atoms with Crippen molar-refractivity contribution in [3.05, 3.63) is 54.6 Å². The largest absolute Gasteiger partial charge is 0.399 e. The molecule has 13 heavy (non-hydrogen) atoms. The van der Waals surface area contributed by atoms with Crippen LogP contribution in [0.3, 0.4) is 0 Å². The average Bonchev–Trinajstić information content (AvgIpc) is 2.17. The van der Waals surface area contributed by atoms with E-state index >= 15 is 0 Å². The number of benzene rings is 2. The van der Waals surface area contributed by atoms with Crippen molar-refractivity contribution in [1.82, 2.24) is 0 Å². The van der Waals surface area contributed by atoms with E-state index in [0.29, 0.717) is 5.70 Å². The summed E-state index contributed by atoms with van der Waals surface area (Å²) in [7, 11) is 0. The summed E-state index contributed by atoms with van der Waals surface area (Å²) < 4.78 is 0. The van der Waals surface area contributed by atoms with Crippen molar-refractivity contribution in [2.45, 2.75) is 0 Å². The topological polar surface area (TPSA) is 26.0 Å². The zero-order chi connectivity index (χ0) is 9.26. The molecule has 1 nitrogen and oxygen atoms in total. The molecule has 0 unspecified atom stereocenters. The van der Waals surface area contributed by atoms with E-state index < -0.39 is 0 Å². The predicted octanol–water partition coefficient (Wildman–Crippen LogP) is 2.77. The van der Waals surface area contributed by atoms with Crippen LogP contribution in [0, 0.1) is 0 Å². The fourth-order valence-corrected chi connectivity index (χ4v) is 1.39. The van der Waals surface area contributed by atoms with Gasteiger partial charge in [-0.25, -0.2) is 0 Å². The van der Waals surface area contributed by atoms with Crippen LogP contribution in [0.2, 0.25) is 0 Å². The van der Waals surface area contributed by atoms with Crippen molar-refractivity contribution >= 4 is 16.5 Å². The van der Waals surface area contributed by atoms with Crippen LogP contribution in [-0.4, -0.2) is 0 Å². The summed E-state index contributed by atoms with van der Waals surface area (Å²) in [5.74, 6) is 0. The lowest BCUT2D eigenvalue weighted by Crippen LogP contribution is -1.92. The molecule has 2 rings (SSSR count). The Kier molecular flexibility index (Phi) is 1.78. The second kappa shape index (κ2) is 2.94. The van der Waals surface area contributed by atoms with Crippen LogP contribution in [-0.2, 0) is 0 Å². The van der Waals surface area contributed by atoms with Crippen molar-refractivity contribution < 1.29 is 0 Å². The number of hydrogen-bond donors (Lipinski definition) is 1. The van der Waals surface area contributed by atoms with Gasteiger partial charge in [0.15, 0.2) is 0 Å². The molecular formula is C12H11N. The van der Waals surface area contributed by atoms with Crippen LogP contribution in [0.4, 0.5) is 0 Å².